The summed E-state index contributed by atoms with van der Waals surface area (Å²) in [7, 11) is 1.61. The molecule has 0 aliphatic heterocycles. The molecule has 7 heteroatoms. The van der Waals surface area contributed by atoms with Gasteiger partial charge in [-0.15, -0.1) is 0 Å². The van der Waals surface area contributed by atoms with Crippen molar-refractivity contribution in [2.75, 3.05) is 7.11 Å². The fourth-order valence-corrected chi connectivity index (χ4v) is 3.03. The van der Waals surface area contributed by atoms with Crippen molar-refractivity contribution in [1.29, 1.82) is 5.26 Å². The Bertz CT molecular complexity index is 995. The van der Waals surface area contributed by atoms with Crippen LogP contribution in [-0.2, 0) is 14.3 Å². The van der Waals surface area contributed by atoms with Gasteiger partial charge in [0.1, 0.15) is 17.4 Å². The fraction of sp³-hybridized carbons (Fsp3) is 0.348. The van der Waals surface area contributed by atoms with Gasteiger partial charge in [-0.1, -0.05) is 0 Å². The van der Waals surface area contributed by atoms with Crippen molar-refractivity contribution in [3.05, 3.63) is 52.9 Å². The minimum absolute atomic E-state index is 0.0759. The number of esters is 1. The number of nitrogens with zero attached hydrogens (tertiary/aromatic N) is 2. The summed E-state index contributed by atoms with van der Waals surface area (Å²) in [6, 6.07) is 11.3. The van der Waals surface area contributed by atoms with Gasteiger partial charge >= 0.3 is 5.97 Å². The molecule has 30 heavy (non-hydrogen) atoms. The van der Waals surface area contributed by atoms with Crippen LogP contribution in [0.15, 0.2) is 35.9 Å². The number of aryl methyl sites for hydroxylation is 1. The third-order valence-electron chi connectivity index (χ3n) is 4.53. The Hall–Kier alpha value is -3.53. The second-order valence-electron chi connectivity index (χ2n) is 7.24. The topological polar surface area (TPSA) is 93.3 Å². The Morgan fingerprint density at radius 2 is 1.80 bits per heavy atom. The number of nitriles is 1. The van der Waals surface area contributed by atoms with Crippen LogP contribution in [0, 0.1) is 25.2 Å². The van der Waals surface area contributed by atoms with Crippen molar-refractivity contribution >= 4 is 18.0 Å². The minimum atomic E-state index is -0.997. The molecule has 1 atom stereocenters. The monoisotopic (exact) mass is 409 g/mol. The van der Waals surface area contributed by atoms with Crippen molar-refractivity contribution in [3.63, 3.8) is 0 Å². The van der Waals surface area contributed by atoms with Gasteiger partial charge in [-0.25, -0.2) is 4.79 Å². The Balaban J connectivity index is 2.28. The lowest BCUT2D eigenvalue weighted by Gasteiger charge is -2.15. The predicted octanol–water partition coefficient (Wildman–Crippen LogP) is 3.47. The fourth-order valence-electron chi connectivity index (χ4n) is 3.03. The maximum absolute atomic E-state index is 12.4. The number of rotatable bonds is 7. The maximum atomic E-state index is 12.4. The van der Waals surface area contributed by atoms with Gasteiger partial charge in [-0.3, -0.25) is 4.79 Å². The Morgan fingerprint density at radius 3 is 2.33 bits per heavy atom. The molecule has 0 bridgehead atoms. The lowest BCUT2D eigenvalue weighted by atomic mass is 10.1. The van der Waals surface area contributed by atoms with Gasteiger partial charge in [0.2, 0.25) is 0 Å². The molecule has 1 heterocycles. The summed E-state index contributed by atoms with van der Waals surface area (Å²) in [5, 5.41) is 12.1. The average Bonchev–Trinajstić information content (AvgIpc) is 2.98. The van der Waals surface area contributed by atoms with Crippen LogP contribution in [0.5, 0.6) is 5.75 Å². The molecule has 0 saturated carbocycles. The van der Waals surface area contributed by atoms with E-state index in [2.05, 4.69) is 5.32 Å². The standard InChI is InChI=1S/C23H27N3O4/c1-14(2)25-22(27)17(5)30-23(28)19(13-24)12-18-11-15(3)26(16(18)4)20-7-9-21(29-6)10-8-20/h7-12,14,17H,1-6H3,(H,25,27)/b19-12+/t17-/m1/s1. The second-order valence-corrected chi connectivity index (χ2v) is 7.24. The number of carbonyl (C=O) groups is 2. The SMILES string of the molecule is COc1ccc(-n2c(C)cc(/C=C(\C#N)C(=O)O[C@H](C)C(=O)NC(C)C)c2C)cc1. The van der Waals surface area contributed by atoms with Crippen LogP contribution in [0.1, 0.15) is 37.7 Å². The van der Waals surface area contributed by atoms with E-state index in [1.807, 2.05) is 68.7 Å². The van der Waals surface area contributed by atoms with E-state index >= 15 is 0 Å². The van der Waals surface area contributed by atoms with Crippen molar-refractivity contribution < 1.29 is 19.1 Å². The molecule has 0 spiro atoms. The largest absolute Gasteiger partial charge is 0.497 e. The highest BCUT2D eigenvalue weighted by Crippen LogP contribution is 2.24. The van der Waals surface area contributed by atoms with Crippen LogP contribution in [0.2, 0.25) is 0 Å². The summed E-state index contributed by atoms with van der Waals surface area (Å²) < 4.78 is 12.4. The van der Waals surface area contributed by atoms with E-state index in [4.69, 9.17) is 9.47 Å². The second kappa shape index (κ2) is 9.79. The Labute approximate surface area is 176 Å². The van der Waals surface area contributed by atoms with Crippen molar-refractivity contribution in [2.45, 2.75) is 46.8 Å². The first-order valence-electron chi connectivity index (χ1n) is 9.64. The molecule has 1 amide bonds. The normalized spacial score (nSPS) is 12.3. The zero-order valence-corrected chi connectivity index (χ0v) is 18.1. The lowest BCUT2D eigenvalue weighted by molar-refractivity contribution is -0.150. The molecular weight excluding hydrogens is 382 g/mol. The number of hydrogen-bond acceptors (Lipinski definition) is 5. The van der Waals surface area contributed by atoms with Crippen LogP contribution in [0.3, 0.4) is 0 Å². The van der Waals surface area contributed by atoms with Crippen LogP contribution in [0.4, 0.5) is 0 Å². The number of methoxy groups -OCH3 is 1. The number of carbonyl (C=O) groups excluding carboxylic acids is 2. The highest BCUT2D eigenvalue weighted by atomic mass is 16.5. The van der Waals surface area contributed by atoms with Gasteiger partial charge in [-0.2, -0.15) is 5.26 Å². The van der Waals surface area contributed by atoms with E-state index in [0.717, 1.165) is 28.4 Å². The van der Waals surface area contributed by atoms with Crippen molar-refractivity contribution in [2.24, 2.45) is 0 Å². The van der Waals surface area contributed by atoms with E-state index in [9.17, 15) is 14.9 Å². The molecule has 0 radical (unpaired) electrons. The van der Waals surface area contributed by atoms with E-state index in [0.29, 0.717) is 0 Å². The molecule has 2 rings (SSSR count). The summed E-state index contributed by atoms with van der Waals surface area (Å²) in [4.78, 5) is 24.4. The number of benzene rings is 1. The molecule has 0 aliphatic carbocycles. The summed E-state index contributed by atoms with van der Waals surface area (Å²) in [6.45, 7) is 8.94. The molecule has 1 aromatic carbocycles. The quantitative estimate of drug-likeness (QED) is 0.429. The lowest BCUT2D eigenvalue weighted by Crippen LogP contribution is -2.39. The van der Waals surface area contributed by atoms with Crippen LogP contribution in [-0.4, -0.2) is 35.7 Å². The first-order valence-corrected chi connectivity index (χ1v) is 9.64. The number of aromatic nitrogens is 1. The molecule has 1 aromatic heterocycles. The molecule has 2 aromatic rings. The van der Waals surface area contributed by atoms with E-state index in [-0.39, 0.29) is 11.6 Å². The molecule has 1 N–H and O–H groups in total. The first-order chi connectivity index (χ1) is 14.2. The van der Waals surface area contributed by atoms with Gasteiger partial charge in [0.05, 0.1) is 7.11 Å². The molecular formula is C23H27N3O4. The number of hydrogen-bond donors (Lipinski definition) is 1. The van der Waals surface area contributed by atoms with Gasteiger partial charge < -0.3 is 19.4 Å². The average molecular weight is 409 g/mol. The number of amides is 1. The predicted molar refractivity (Wildman–Crippen MR) is 114 cm³/mol. The van der Waals surface area contributed by atoms with Crippen LogP contribution < -0.4 is 10.1 Å². The molecule has 0 unspecified atom stereocenters. The van der Waals surface area contributed by atoms with Crippen molar-refractivity contribution in [3.8, 4) is 17.5 Å². The van der Waals surface area contributed by atoms with Gasteiger partial charge in [0.25, 0.3) is 5.91 Å². The number of nitrogens with one attached hydrogen (secondary N) is 1. The van der Waals surface area contributed by atoms with E-state index < -0.39 is 18.0 Å². The van der Waals surface area contributed by atoms with E-state index in [1.165, 1.54) is 13.0 Å². The molecule has 7 nitrogen and oxygen atoms in total. The van der Waals surface area contributed by atoms with Gasteiger partial charge in [-0.05, 0) is 76.6 Å². The van der Waals surface area contributed by atoms with Gasteiger partial charge in [0, 0.05) is 23.1 Å². The molecule has 0 aliphatic rings. The maximum Gasteiger partial charge on any atom is 0.349 e. The zero-order chi connectivity index (χ0) is 22.4. The Kier molecular flexibility index (Phi) is 7.43. The van der Waals surface area contributed by atoms with E-state index in [1.54, 1.807) is 7.11 Å². The summed E-state index contributed by atoms with van der Waals surface area (Å²) in [5.41, 5.74) is 3.29. The van der Waals surface area contributed by atoms with Crippen LogP contribution in [0.25, 0.3) is 11.8 Å². The molecule has 158 valence electrons. The van der Waals surface area contributed by atoms with Crippen molar-refractivity contribution in [1.82, 2.24) is 9.88 Å². The first kappa shape index (κ1) is 22.8. The molecule has 0 saturated heterocycles. The van der Waals surface area contributed by atoms with Gasteiger partial charge in [0.15, 0.2) is 6.10 Å². The summed E-state index contributed by atoms with van der Waals surface area (Å²) >= 11 is 0. The highest BCUT2D eigenvalue weighted by Gasteiger charge is 2.21. The zero-order valence-electron chi connectivity index (χ0n) is 18.1. The third-order valence-corrected chi connectivity index (χ3v) is 4.53. The molecule has 0 fully saturated rings. The smallest absolute Gasteiger partial charge is 0.349 e. The summed E-state index contributed by atoms with van der Waals surface area (Å²) in [6.07, 6.45) is 0.487. The number of ether oxygens (including phenoxy) is 2. The highest BCUT2D eigenvalue weighted by molar-refractivity contribution is 5.99. The third kappa shape index (κ3) is 5.29. The Morgan fingerprint density at radius 1 is 1.17 bits per heavy atom. The minimum Gasteiger partial charge on any atom is -0.497 e. The summed E-state index contributed by atoms with van der Waals surface area (Å²) in [5.74, 6) is -0.488. The van der Waals surface area contributed by atoms with Crippen LogP contribution >= 0.6 is 0 Å².